The molecule has 0 saturated carbocycles. The van der Waals surface area contributed by atoms with Crippen LogP contribution in [-0.4, -0.2) is 24.5 Å². The van der Waals surface area contributed by atoms with Crippen molar-refractivity contribution in [3.8, 4) is 0 Å². The zero-order valence-corrected chi connectivity index (χ0v) is 10.8. The van der Waals surface area contributed by atoms with Gasteiger partial charge in [-0.1, -0.05) is 62.4 Å². The first-order valence-electron chi connectivity index (χ1n) is 6.51. The Bertz CT molecular complexity index is 399. The molecular weight excluding hydrogens is 206 g/mol. The molecule has 1 heteroatoms. The second-order valence-corrected chi connectivity index (χ2v) is 4.47. The van der Waals surface area contributed by atoms with Crippen LogP contribution in [0, 0.1) is 5.92 Å². The zero-order chi connectivity index (χ0) is 12.1. The fourth-order valence-corrected chi connectivity index (χ4v) is 2.38. The van der Waals surface area contributed by atoms with Crippen molar-refractivity contribution in [2.24, 2.45) is 5.92 Å². The van der Waals surface area contributed by atoms with Crippen LogP contribution in [0.3, 0.4) is 0 Å². The van der Waals surface area contributed by atoms with Crippen LogP contribution in [0.2, 0.25) is 0 Å². The van der Waals surface area contributed by atoms with Gasteiger partial charge >= 0.3 is 0 Å². The van der Waals surface area contributed by atoms with Crippen LogP contribution in [0.1, 0.15) is 19.4 Å². The van der Waals surface area contributed by atoms with E-state index < -0.39 is 0 Å². The van der Waals surface area contributed by atoms with Crippen LogP contribution in [0.5, 0.6) is 0 Å². The Kier molecular flexibility index (Phi) is 4.16. The lowest BCUT2D eigenvalue weighted by Gasteiger charge is -2.23. The maximum absolute atomic E-state index is 2.48. The molecule has 1 unspecified atom stereocenters. The highest BCUT2D eigenvalue weighted by molar-refractivity contribution is 5.73. The predicted octanol–water partition coefficient (Wildman–Crippen LogP) is 3.60. The maximum atomic E-state index is 2.48. The first kappa shape index (κ1) is 12.1. The lowest BCUT2D eigenvalue weighted by atomic mass is 9.95. The van der Waals surface area contributed by atoms with Crippen LogP contribution in [0.4, 0.5) is 0 Å². The average Bonchev–Trinajstić information content (AvgIpc) is 2.85. The number of benzene rings is 1. The van der Waals surface area contributed by atoms with Gasteiger partial charge in [-0.2, -0.15) is 0 Å². The quantitative estimate of drug-likeness (QED) is 0.743. The molecule has 0 amide bonds. The fourth-order valence-electron chi connectivity index (χ4n) is 2.38. The van der Waals surface area contributed by atoms with Gasteiger partial charge in [-0.15, -0.1) is 0 Å². The third-order valence-electron chi connectivity index (χ3n) is 3.48. The van der Waals surface area contributed by atoms with E-state index in [4.69, 9.17) is 0 Å². The summed E-state index contributed by atoms with van der Waals surface area (Å²) in [5.74, 6) is 0.553. The molecule has 0 aromatic heterocycles. The van der Waals surface area contributed by atoms with E-state index in [1.165, 1.54) is 11.1 Å². The van der Waals surface area contributed by atoms with Crippen LogP contribution in [0.15, 0.2) is 48.6 Å². The van der Waals surface area contributed by atoms with Crippen molar-refractivity contribution in [1.29, 1.82) is 0 Å². The summed E-state index contributed by atoms with van der Waals surface area (Å²) in [6.07, 6.45) is 6.76. The van der Waals surface area contributed by atoms with Crippen LogP contribution in [0.25, 0.3) is 5.57 Å². The molecule has 1 nitrogen and oxygen atoms in total. The normalized spacial score (nSPS) is 18.8. The molecule has 0 fully saturated rings. The molecule has 0 radical (unpaired) electrons. The Hall–Kier alpha value is -1.34. The van der Waals surface area contributed by atoms with Gasteiger partial charge in [0, 0.05) is 12.5 Å². The molecule has 0 spiro atoms. The largest absolute Gasteiger partial charge is 0.303 e. The van der Waals surface area contributed by atoms with Crippen molar-refractivity contribution in [3.63, 3.8) is 0 Å². The topological polar surface area (TPSA) is 3.24 Å². The van der Waals surface area contributed by atoms with Crippen molar-refractivity contribution >= 4 is 5.57 Å². The molecule has 0 bridgehead atoms. The molecular formula is C16H21N. The molecule has 0 N–H and O–H groups in total. The van der Waals surface area contributed by atoms with E-state index in [-0.39, 0.29) is 0 Å². The maximum Gasteiger partial charge on any atom is 0.0155 e. The van der Waals surface area contributed by atoms with Gasteiger partial charge in [0.25, 0.3) is 0 Å². The van der Waals surface area contributed by atoms with Crippen molar-refractivity contribution in [2.45, 2.75) is 13.8 Å². The van der Waals surface area contributed by atoms with Gasteiger partial charge in [-0.05, 0) is 24.2 Å². The van der Waals surface area contributed by atoms with Crippen LogP contribution < -0.4 is 0 Å². The minimum absolute atomic E-state index is 0.553. The van der Waals surface area contributed by atoms with Crippen LogP contribution >= 0.6 is 0 Å². The first-order valence-corrected chi connectivity index (χ1v) is 6.51. The summed E-state index contributed by atoms with van der Waals surface area (Å²) in [6, 6.07) is 10.7. The average molecular weight is 227 g/mol. The summed E-state index contributed by atoms with van der Waals surface area (Å²) in [6.45, 7) is 7.85. The standard InChI is InChI=1S/C16H21N/c1-3-17(4-2)13-15-11-8-12-16(15)14-9-6-5-7-10-14/h5-12,15H,3-4,13H2,1-2H3. The van der Waals surface area contributed by atoms with E-state index in [1.54, 1.807) is 0 Å². The zero-order valence-electron chi connectivity index (χ0n) is 10.8. The minimum atomic E-state index is 0.553. The molecule has 0 saturated heterocycles. The van der Waals surface area contributed by atoms with E-state index in [1.807, 2.05) is 0 Å². The van der Waals surface area contributed by atoms with Gasteiger partial charge in [0.05, 0.1) is 0 Å². The molecule has 0 heterocycles. The third kappa shape index (κ3) is 2.86. The smallest absolute Gasteiger partial charge is 0.0155 e. The van der Waals surface area contributed by atoms with Crippen molar-refractivity contribution in [1.82, 2.24) is 4.90 Å². The summed E-state index contributed by atoms with van der Waals surface area (Å²) >= 11 is 0. The molecule has 1 aliphatic carbocycles. The SMILES string of the molecule is CCN(CC)CC1C=CC=C1c1ccccc1. The Morgan fingerprint density at radius 1 is 1.06 bits per heavy atom. The summed E-state index contributed by atoms with van der Waals surface area (Å²) < 4.78 is 0. The third-order valence-corrected chi connectivity index (χ3v) is 3.48. The summed E-state index contributed by atoms with van der Waals surface area (Å²) in [7, 11) is 0. The van der Waals surface area contributed by atoms with E-state index in [9.17, 15) is 0 Å². The van der Waals surface area contributed by atoms with Crippen molar-refractivity contribution in [2.75, 3.05) is 19.6 Å². The van der Waals surface area contributed by atoms with Crippen LogP contribution in [-0.2, 0) is 0 Å². The molecule has 2 rings (SSSR count). The Labute approximate surface area is 104 Å². The van der Waals surface area contributed by atoms with Crippen molar-refractivity contribution < 1.29 is 0 Å². The molecule has 1 aliphatic rings. The van der Waals surface area contributed by atoms with E-state index in [0.29, 0.717) is 5.92 Å². The molecule has 1 aromatic rings. The molecule has 1 atom stereocenters. The molecule has 17 heavy (non-hydrogen) atoms. The number of rotatable bonds is 5. The van der Waals surface area contributed by atoms with Gasteiger partial charge < -0.3 is 4.90 Å². The highest BCUT2D eigenvalue weighted by Gasteiger charge is 2.18. The van der Waals surface area contributed by atoms with Gasteiger partial charge in [0.15, 0.2) is 0 Å². The van der Waals surface area contributed by atoms with E-state index in [2.05, 4.69) is 67.3 Å². The fraction of sp³-hybridized carbons (Fsp3) is 0.375. The highest BCUT2D eigenvalue weighted by atomic mass is 15.1. The lowest BCUT2D eigenvalue weighted by Crippen LogP contribution is -2.28. The molecule has 0 aliphatic heterocycles. The lowest BCUT2D eigenvalue weighted by molar-refractivity contribution is 0.292. The number of hydrogen-bond acceptors (Lipinski definition) is 1. The number of hydrogen-bond donors (Lipinski definition) is 0. The predicted molar refractivity (Wildman–Crippen MR) is 74.8 cm³/mol. The molecule has 90 valence electrons. The number of nitrogens with zero attached hydrogens (tertiary/aromatic N) is 1. The van der Waals surface area contributed by atoms with Gasteiger partial charge in [-0.25, -0.2) is 0 Å². The highest BCUT2D eigenvalue weighted by Crippen LogP contribution is 2.29. The molecule has 1 aromatic carbocycles. The summed E-state index contributed by atoms with van der Waals surface area (Å²) in [4.78, 5) is 2.48. The van der Waals surface area contributed by atoms with E-state index in [0.717, 1.165) is 19.6 Å². The number of allylic oxidation sites excluding steroid dienone is 2. The second-order valence-electron chi connectivity index (χ2n) is 4.47. The van der Waals surface area contributed by atoms with Gasteiger partial charge in [0.2, 0.25) is 0 Å². The Morgan fingerprint density at radius 3 is 2.41 bits per heavy atom. The van der Waals surface area contributed by atoms with E-state index >= 15 is 0 Å². The summed E-state index contributed by atoms with van der Waals surface area (Å²) in [5.41, 5.74) is 2.81. The Balaban J connectivity index is 2.09. The first-order chi connectivity index (χ1) is 8.35. The van der Waals surface area contributed by atoms with Gasteiger partial charge in [-0.3, -0.25) is 0 Å². The second kappa shape index (κ2) is 5.83. The monoisotopic (exact) mass is 227 g/mol. The summed E-state index contributed by atoms with van der Waals surface area (Å²) in [5, 5.41) is 0. The van der Waals surface area contributed by atoms with Gasteiger partial charge in [0.1, 0.15) is 0 Å². The minimum Gasteiger partial charge on any atom is -0.303 e. The van der Waals surface area contributed by atoms with Crippen molar-refractivity contribution in [3.05, 3.63) is 54.1 Å². The Morgan fingerprint density at radius 2 is 1.76 bits per heavy atom.